The molecule has 1 aromatic carbocycles. The molecule has 0 bridgehead atoms. The van der Waals surface area contributed by atoms with E-state index in [1.165, 1.54) is 23.0 Å². The Hall–Kier alpha value is -4.15. The minimum atomic E-state index is -3.24. The number of urea groups is 1. The van der Waals surface area contributed by atoms with Crippen LogP contribution in [0.5, 0.6) is 0 Å². The van der Waals surface area contributed by atoms with Crippen molar-refractivity contribution in [2.75, 3.05) is 49.1 Å². The van der Waals surface area contributed by atoms with Gasteiger partial charge in [0.15, 0.2) is 11.6 Å². The van der Waals surface area contributed by atoms with E-state index in [0.717, 1.165) is 17.0 Å². The Morgan fingerprint density at radius 1 is 1.18 bits per heavy atom. The molecule has 0 radical (unpaired) electrons. The lowest BCUT2D eigenvalue weighted by Crippen LogP contribution is -2.48. The lowest BCUT2D eigenvalue weighted by molar-refractivity contribution is -0.132. The van der Waals surface area contributed by atoms with Gasteiger partial charge in [0, 0.05) is 31.8 Å². The van der Waals surface area contributed by atoms with Gasteiger partial charge in [0.05, 0.1) is 38.1 Å². The third-order valence-electron chi connectivity index (χ3n) is 5.92. The van der Waals surface area contributed by atoms with E-state index >= 15 is 8.78 Å². The molecule has 4 N–H and O–H groups in total. The maximum atomic E-state index is 15.1. The number of alkyl halides is 2. The zero-order valence-corrected chi connectivity index (χ0v) is 20.1. The van der Waals surface area contributed by atoms with Crippen molar-refractivity contribution in [2.24, 2.45) is 0 Å². The molecule has 3 heterocycles. The summed E-state index contributed by atoms with van der Waals surface area (Å²) >= 11 is 0. The van der Waals surface area contributed by atoms with Gasteiger partial charge in [0.2, 0.25) is 0 Å². The van der Waals surface area contributed by atoms with Crippen molar-refractivity contribution in [3.05, 3.63) is 35.7 Å². The van der Waals surface area contributed by atoms with Gasteiger partial charge in [0.1, 0.15) is 17.0 Å². The van der Waals surface area contributed by atoms with Crippen molar-refractivity contribution in [2.45, 2.75) is 25.5 Å². The summed E-state index contributed by atoms with van der Waals surface area (Å²) in [5.74, 6) is -3.42. The number of halogens is 4. The average Bonchev–Trinajstić information content (AvgIpc) is 3.41. The highest BCUT2D eigenvalue weighted by molar-refractivity contribution is 5.91. The highest BCUT2D eigenvalue weighted by Crippen LogP contribution is 2.33. The zero-order valence-electron chi connectivity index (χ0n) is 20.1. The van der Waals surface area contributed by atoms with Gasteiger partial charge in [-0.2, -0.15) is 24.2 Å². The molecule has 1 unspecified atom stereocenters. The number of hydrazine groups is 1. The first kappa shape index (κ1) is 26.9. The normalized spacial score (nSPS) is 19.9. The van der Waals surface area contributed by atoms with E-state index in [2.05, 4.69) is 26.2 Å². The van der Waals surface area contributed by atoms with Crippen molar-refractivity contribution < 1.29 is 36.7 Å². The van der Waals surface area contributed by atoms with Crippen LogP contribution in [0.15, 0.2) is 18.3 Å². The van der Waals surface area contributed by atoms with Crippen molar-refractivity contribution in [1.29, 1.82) is 0 Å². The van der Waals surface area contributed by atoms with Crippen LogP contribution in [0.4, 0.5) is 38.5 Å². The number of nitrogens with zero attached hydrogens (tertiary/aromatic N) is 5. The highest BCUT2D eigenvalue weighted by Gasteiger charge is 2.43. The summed E-state index contributed by atoms with van der Waals surface area (Å²) in [5, 5.41) is 15.8. The summed E-state index contributed by atoms with van der Waals surface area (Å²) in [5.41, 5.74) is 1.56. The maximum absolute atomic E-state index is 15.1. The van der Waals surface area contributed by atoms with E-state index < -0.39 is 48.2 Å². The lowest BCUT2D eigenvalue weighted by atomic mass is 10.1. The third-order valence-corrected chi connectivity index (χ3v) is 5.92. The summed E-state index contributed by atoms with van der Waals surface area (Å²) in [7, 11) is 0. The van der Waals surface area contributed by atoms with Gasteiger partial charge < -0.3 is 20.3 Å². The number of benzene rings is 1. The molecule has 38 heavy (non-hydrogen) atoms. The molecule has 4 amide bonds. The number of anilines is 2. The number of cyclic esters (lactones) is 1. The van der Waals surface area contributed by atoms with Crippen LogP contribution in [0.3, 0.4) is 0 Å². The van der Waals surface area contributed by atoms with Crippen LogP contribution >= 0.6 is 0 Å². The topological polar surface area (TPSA) is 148 Å². The smallest absolute Gasteiger partial charge is 0.415 e. The van der Waals surface area contributed by atoms with Crippen LogP contribution in [-0.2, 0) is 16.1 Å². The molecular weight excluding hydrogens is 518 g/mol. The minimum Gasteiger partial charge on any atom is -0.439 e. The Bertz CT molecular complexity index is 1160. The zero-order chi connectivity index (χ0) is 27.4. The fourth-order valence-electron chi connectivity index (χ4n) is 4.05. The van der Waals surface area contributed by atoms with E-state index in [4.69, 9.17) is 4.74 Å². The van der Waals surface area contributed by atoms with Crippen molar-refractivity contribution in [3.8, 4) is 0 Å². The predicted octanol–water partition coefficient (Wildman–Crippen LogP) is 0.716. The van der Waals surface area contributed by atoms with Crippen LogP contribution in [0.25, 0.3) is 0 Å². The average molecular weight is 543 g/mol. The van der Waals surface area contributed by atoms with E-state index in [0.29, 0.717) is 5.69 Å². The molecule has 2 aliphatic rings. The SMILES string of the molecule is CC1(CNC(=O)C(F)F)CN(c2cc(F)c(N3CCNN(C(=O)NCc4cn[nH]n4)CC3)c(F)c2)C(=O)O1. The monoisotopic (exact) mass is 543 g/mol. The van der Waals surface area contributed by atoms with Gasteiger partial charge in [-0.25, -0.2) is 23.8 Å². The quantitative estimate of drug-likeness (QED) is 0.374. The molecule has 0 spiro atoms. The maximum Gasteiger partial charge on any atom is 0.415 e. The number of hydrogen-bond acceptors (Lipinski definition) is 8. The molecular formula is C21H25F4N9O4. The molecule has 2 fully saturated rings. The molecule has 0 saturated carbocycles. The van der Waals surface area contributed by atoms with Crippen molar-refractivity contribution in [1.82, 2.24) is 36.5 Å². The van der Waals surface area contributed by atoms with Gasteiger partial charge in [0.25, 0.3) is 5.91 Å². The predicted molar refractivity (Wildman–Crippen MR) is 123 cm³/mol. The summed E-state index contributed by atoms with van der Waals surface area (Å²) < 4.78 is 60.4. The molecule has 0 aliphatic carbocycles. The first-order valence-electron chi connectivity index (χ1n) is 11.5. The number of aromatic nitrogens is 3. The Balaban J connectivity index is 1.40. The molecule has 4 rings (SSSR count). The molecule has 2 aliphatic heterocycles. The van der Waals surface area contributed by atoms with E-state index in [1.807, 2.05) is 5.32 Å². The number of ether oxygens (including phenoxy) is 1. The molecule has 17 heteroatoms. The van der Waals surface area contributed by atoms with Crippen LogP contribution < -0.4 is 25.9 Å². The minimum absolute atomic E-state index is 0.102. The van der Waals surface area contributed by atoms with Crippen LogP contribution in [0.1, 0.15) is 12.6 Å². The fraction of sp³-hybridized carbons (Fsp3) is 0.476. The van der Waals surface area contributed by atoms with Gasteiger partial charge in [-0.15, -0.1) is 0 Å². The number of hydrogen-bond donors (Lipinski definition) is 4. The molecule has 1 aromatic heterocycles. The van der Waals surface area contributed by atoms with E-state index in [9.17, 15) is 23.2 Å². The standard InChI is InChI=1S/C21H25F4N9O4/c1-21(10-27-18(35)17(24)25)11-33(20(37)38-21)13-6-14(22)16(15(23)7-13)32-3-2-29-34(5-4-32)19(36)26-8-12-9-28-31-30-12/h6-7,9,17,29H,2-5,8,10-11H2,1H3,(H,26,36)(H,27,35)(H,28,30,31). The summed E-state index contributed by atoms with van der Waals surface area (Å²) in [6, 6.07) is 1.47. The number of amides is 4. The Kier molecular flexibility index (Phi) is 7.84. The Labute approximate surface area is 213 Å². The van der Waals surface area contributed by atoms with Crippen molar-refractivity contribution in [3.63, 3.8) is 0 Å². The number of carbonyl (C=O) groups is 3. The first-order valence-corrected chi connectivity index (χ1v) is 11.5. The third kappa shape index (κ3) is 6.04. The number of nitrogens with one attached hydrogen (secondary N) is 4. The molecule has 1 atom stereocenters. The van der Waals surface area contributed by atoms with E-state index in [-0.39, 0.29) is 50.6 Å². The van der Waals surface area contributed by atoms with Gasteiger partial charge in [-0.1, -0.05) is 0 Å². The second-order valence-electron chi connectivity index (χ2n) is 8.85. The Morgan fingerprint density at radius 3 is 2.58 bits per heavy atom. The second-order valence-corrected chi connectivity index (χ2v) is 8.85. The van der Waals surface area contributed by atoms with Crippen LogP contribution in [0.2, 0.25) is 0 Å². The number of H-pyrrole nitrogens is 1. The second kappa shape index (κ2) is 11.1. The fourth-order valence-corrected chi connectivity index (χ4v) is 4.05. The van der Waals surface area contributed by atoms with E-state index in [1.54, 1.807) is 0 Å². The van der Waals surface area contributed by atoms with Gasteiger partial charge in [-0.3, -0.25) is 14.7 Å². The molecule has 13 nitrogen and oxygen atoms in total. The summed E-state index contributed by atoms with van der Waals surface area (Å²) in [6.07, 6.45) is -2.73. The van der Waals surface area contributed by atoms with Crippen molar-refractivity contribution >= 4 is 29.4 Å². The lowest BCUT2D eigenvalue weighted by Gasteiger charge is -2.25. The summed E-state index contributed by atoms with van der Waals surface area (Å²) in [6.45, 7) is 1.48. The van der Waals surface area contributed by atoms with Gasteiger partial charge >= 0.3 is 18.5 Å². The summed E-state index contributed by atoms with van der Waals surface area (Å²) in [4.78, 5) is 38.4. The molecule has 2 aromatic rings. The molecule has 206 valence electrons. The largest absolute Gasteiger partial charge is 0.439 e. The Morgan fingerprint density at radius 2 is 1.92 bits per heavy atom. The number of rotatable bonds is 7. The first-order chi connectivity index (χ1) is 18.1. The van der Waals surface area contributed by atoms with Gasteiger partial charge in [-0.05, 0) is 6.92 Å². The number of carbonyl (C=O) groups excluding carboxylic acids is 3. The van der Waals surface area contributed by atoms with Crippen LogP contribution in [-0.4, -0.2) is 89.7 Å². The molecule has 2 saturated heterocycles. The van der Waals surface area contributed by atoms with Crippen LogP contribution in [0, 0.1) is 11.6 Å². The number of aromatic amines is 1. The highest BCUT2D eigenvalue weighted by atomic mass is 19.3.